The van der Waals surface area contributed by atoms with Crippen molar-refractivity contribution < 1.29 is 17.5 Å². The molecule has 17 heavy (non-hydrogen) atoms. The molecule has 0 amide bonds. The Labute approximate surface area is 107 Å². The molecule has 0 aliphatic heterocycles. The fourth-order valence-corrected chi connectivity index (χ4v) is 1.91. The molecule has 0 spiro atoms. The number of benzene rings is 1. The molecule has 6 nitrogen and oxygen atoms in total. The monoisotopic (exact) mass is 299 g/mol. The van der Waals surface area contributed by atoms with Crippen molar-refractivity contribution in [3.05, 3.63) is 37.9 Å². The molecule has 0 unspecified atom stereocenters. The third-order valence-electron chi connectivity index (χ3n) is 1.78. The normalized spacial score (nSPS) is 11.5. The fraction of sp³-hybridized carbons (Fsp3) is 0.250. The summed E-state index contributed by atoms with van der Waals surface area (Å²) in [5.74, 6) is 0. The Hall–Kier alpha value is -0.890. The van der Waals surface area contributed by atoms with E-state index in [0.717, 1.165) is 12.3 Å². The van der Waals surface area contributed by atoms with Gasteiger partial charge in [0.1, 0.15) is 5.02 Å². The summed E-state index contributed by atoms with van der Waals surface area (Å²) in [6.07, 6.45) is 0.853. The molecule has 0 fully saturated rings. The number of hydrogen-bond donors (Lipinski definition) is 0. The molecule has 0 radical (unpaired) electrons. The second kappa shape index (κ2) is 5.18. The average molecular weight is 300 g/mol. The highest BCUT2D eigenvalue weighted by atomic mass is 35.5. The number of nitro benzene ring substituents is 1. The summed E-state index contributed by atoms with van der Waals surface area (Å²) in [4.78, 5) is 9.91. The molecule has 0 atom stereocenters. The summed E-state index contributed by atoms with van der Waals surface area (Å²) in [6.45, 7) is -0.446. The van der Waals surface area contributed by atoms with Crippen LogP contribution >= 0.6 is 23.2 Å². The van der Waals surface area contributed by atoms with Gasteiger partial charge in [-0.05, 0) is 6.07 Å². The van der Waals surface area contributed by atoms with Crippen LogP contribution in [0.25, 0.3) is 0 Å². The predicted octanol–water partition coefficient (Wildman–Crippen LogP) is 2.38. The van der Waals surface area contributed by atoms with E-state index in [-0.39, 0.29) is 21.3 Å². The molecule has 1 aromatic carbocycles. The molecule has 9 heteroatoms. The molecule has 0 N–H and O–H groups in total. The van der Waals surface area contributed by atoms with E-state index in [0.29, 0.717) is 0 Å². The summed E-state index contributed by atoms with van der Waals surface area (Å²) in [5, 5.41) is 10.5. The third-order valence-corrected chi connectivity index (χ3v) is 3.10. The van der Waals surface area contributed by atoms with Gasteiger partial charge in [-0.25, -0.2) is 0 Å². The van der Waals surface area contributed by atoms with Gasteiger partial charge in [-0.2, -0.15) is 8.42 Å². The van der Waals surface area contributed by atoms with Crippen LogP contribution in [0.3, 0.4) is 0 Å². The molecule has 0 aliphatic carbocycles. The van der Waals surface area contributed by atoms with E-state index in [2.05, 4.69) is 4.18 Å². The molecular weight excluding hydrogens is 293 g/mol. The second-order valence-corrected chi connectivity index (χ2v) is 5.51. The van der Waals surface area contributed by atoms with Crippen molar-refractivity contribution in [1.29, 1.82) is 0 Å². The lowest BCUT2D eigenvalue weighted by atomic mass is 10.2. The van der Waals surface area contributed by atoms with Gasteiger partial charge in [0.05, 0.1) is 17.8 Å². The van der Waals surface area contributed by atoms with Crippen LogP contribution in [0.2, 0.25) is 10.0 Å². The maximum absolute atomic E-state index is 10.8. The van der Waals surface area contributed by atoms with E-state index in [9.17, 15) is 18.5 Å². The van der Waals surface area contributed by atoms with Gasteiger partial charge in [0.2, 0.25) is 0 Å². The van der Waals surface area contributed by atoms with Gasteiger partial charge < -0.3 is 0 Å². The predicted molar refractivity (Wildman–Crippen MR) is 62.7 cm³/mol. The van der Waals surface area contributed by atoms with E-state index in [1.807, 2.05) is 0 Å². The van der Waals surface area contributed by atoms with Crippen molar-refractivity contribution in [2.75, 3.05) is 6.26 Å². The first-order chi connectivity index (χ1) is 7.72. The van der Waals surface area contributed by atoms with E-state index in [4.69, 9.17) is 23.2 Å². The Morgan fingerprint density at radius 1 is 1.41 bits per heavy atom. The first-order valence-electron chi connectivity index (χ1n) is 4.18. The van der Waals surface area contributed by atoms with Gasteiger partial charge >= 0.3 is 0 Å². The van der Waals surface area contributed by atoms with Crippen molar-refractivity contribution in [3.63, 3.8) is 0 Å². The van der Waals surface area contributed by atoms with Crippen molar-refractivity contribution in [3.8, 4) is 0 Å². The minimum Gasteiger partial charge on any atom is -0.265 e. The van der Waals surface area contributed by atoms with Crippen molar-refractivity contribution in [2.45, 2.75) is 6.61 Å². The third kappa shape index (κ3) is 3.81. The highest BCUT2D eigenvalue weighted by Crippen LogP contribution is 2.33. The highest BCUT2D eigenvalue weighted by Gasteiger charge is 2.19. The van der Waals surface area contributed by atoms with Gasteiger partial charge in [-0.1, -0.05) is 23.2 Å². The van der Waals surface area contributed by atoms with Crippen LogP contribution in [0.15, 0.2) is 12.1 Å². The summed E-state index contributed by atoms with van der Waals surface area (Å²) >= 11 is 11.5. The van der Waals surface area contributed by atoms with Crippen LogP contribution in [0.5, 0.6) is 0 Å². The van der Waals surface area contributed by atoms with Gasteiger partial charge in [-0.3, -0.25) is 14.3 Å². The molecule has 0 aliphatic rings. The Bertz CT molecular complexity index is 557. The highest BCUT2D eigenvalue weighted by molar-refractivity contribution is 7.85. The zero-order chi connectivity index (χ0) is 13.2. The molecule has 94 valence electrons. The quantitative estimate of drug-likeness (QED) is 0.484. The molecule has 0 saturated carbocycles. The first kappa shape index (κ1) is 14.2. The summed E-state index contributed by atoms with van der Waals surface area (Å²) in [7, 11) is -3.68. The lowest BCUT2D eigenvalue weighted by Crippen LogP contribution is -2.04. The van der Waals surface area contributed by atoms with E-state index in [1.165, 1.54) is 6.07 Å². The summed E-state index contributed by atoms with van der Waals surface area (Å²) in [5.41, 5.74) is -0.295. The van der Waals surface area contributed by atoms with E-state index < -0.39 is 21.6 Å². The van der Waals surface area contributed by atoms with Gasteiger partial charge in [0, 0.05) is 16.7 Å². The standard InChI is InChI=1S/C8H7Cl2NO5S/c1-17(14,15)16-4-5-6(9)2-3-7(8(5)10)11(12)13/h2-3H,4H2,1H3. The lowest BCUT2D eigenvalue weighted by molar-refractivity contribution is -0.384. The van der Waals surface area contributed by atoms with Crippen molar-refractivity contribution >= 4 is 39.0 Å². The number of hydrogen-bond acceptors (Lipinski definition) is 5. The Morgan fingerprint density at radius 3 is 2.47 bits per heavy atom. The second-order valence-electron chi connectivity index (χ2n) is 3.08. The van der Waals surface area contributed by atoms with Gasteiger partial charge in [0.25, 0.3) is 15.8 Å². The SMILES string of the molecule is CS(=O)(=O)OCc1c(Cl)ccc([N+](=O)[O-])c1Cl. The van der Waals surface area contributed by atoms with Crippen LogP contribution in [-0.4, -0.2) is 19.6 Å². The zero-order valence-electron chi connectivity index (χ0n) is 8.51. The van der Waals surface area contributed by atoms with Crippen LogP contribution in [0.4, 0.5) is 5.69 Å². The lowest BCUT2D eigenvalue weighted by Gasteiger charge is -2.06. The van der Waals surface area contributed by atoms with Crippen LogP contribution in [0, 0.1) is 10.1 Å². The summed E-state index contributed by atoms with van der Waals surface area (Å²) < 4.78 is 26.1. The average Bonchev–Trinajstić information content (AvgIpc) is 2.14. The fourth-order valence-electron chi connectivity index (χ4n) is 1.02. The van der Waals surface area contributed by atoms with Crippen molar-refractivity contribution in [2.24, 2.45) is 0 Å². The maximum atomic E-state index is 10.8. The topological polar surface area (TPSA) is 86.5 Å². The number of nitro groups is 1. The molecule has 0 heterocycles. The van der Waals surface area contributed by atoms with Crippen LogP contribution < -0.4 is 0 Å². The minimum atomic E-state index is -3.68. The van der Waals surface area contributed by atoms with Crippen LogP contribution in [-0.2, 0) is 20.9 Å². The van der Waals surface area contributed by atoms with Gasteiger partial charge in [-0.15, -0.1) is 0 Å². The zero-order valence-corrected chi connectivity index (χ0v) is 10.8. The maximum Gasteiger partial charge on any atom is 0.288 e. The Kier molecular flexibility index (Phi) is 4.31. The molecule has 0 saturated heterocycles. The number of halogens is 2. The van der Waals surface area contributed by atoms with E-state index in [1.54, 1.807) is 0 Å². The number of rotatable bonds is 4. The smallest absolute Gasteiger partial charge is 0.265 e. The van der Waals surface area contributed by atoms with Gasteiger partial charge in [0.15, 0.2) is 0 Å². The first-order valence-corrected chi connectivity index (χ1v) is 6.75. The van der Waals surface area contributed by atoms with E-state index >= 15 is 0 Å². The number of nitrogens with zero attached hydrogens (tertiary/aromatic N) is 1. The minimum absolute atomic E-state index is 0.0629. The molecule has 0 bridgehead atoms. The molecular formula is C8H7Cl2NO5S. The Balaban J connectivity index is 3.14. The Morgan fingerprint density at radius 2 is 2.00 bits per heavy atom. The van der Waals surface area contributed by atoms with Crippen LogP contribution in [0.1, 0.15) is 5.56 Å². The molecule has 1 rings (SSSR count). The van der Waals surface area contributed by atoms with Crippen molar-refractivity contribution in [1.82, 2.24) is 0 Å². The summed E-state index contributed by atoms with van der Waals surface area (Å²) in [6, 6.07) is 2.39. The largest absolute Gasteiger partial charge is 0.288 e. The molecule has 1 aromatic rings. The molecule has 0 aromatic heterocycles.